The van der Waals surface area contributed by atoms with Gasteiger partial charge in [-0.15, -0.1) is 11.3 Å². The summed E-state index contributed by atoms with van der Waals surface area (Å²) in [7, 11) is 1.73. The smallest absolute Gasteiger partial charge is 0.345 e. The van der Waals surface area contributed by atoms with Gasteiger partial charge < -0.3 is 10.0 Å². The highest BCUT2D eigenvalue weighted by Gasteiger charge is 2.25. The molecule has 1 amide bonds. The van der Waals surface area contributed by atoms with Crippen LogP contribution in [0.1, 0.15) is 24.9 Å². The Kier molecular flexibility index (Phi) is 2.03. The van der Waals surface area contributed by atoms with Crippen LogP contribution in [-0.2, 0) is 6.42 Å². The molecule has 5 heteroatoms. The molecule has 0 bridgehead atoms. The number of carbonyl (C=O) groups excluding carboxylic acids is 1. The Bertz CT molecular complexity index is 410. The lowest BCUT2D eigenvalue weighted by atomic mass is 10.1. The predicted molar refractivity (Wildman–Crippen MR) is 51.9 cm³/mol. The Morgan fingerprint density at radius 1 is 1.64 bits per heavy atom. The van der Waals surface area contributed by atoms with Gasteiger partial charge >= 0.3 is 5.97 Å². The fourth-order valence-corrected chi connectivity index (χ4v) is 2.46. The van der Waals surface area contributed by atoms with Gasteiger partial charge in [-0.1, -0.05) is 0 Å². The standard InChI is InChI=1S/C9H9NO3S/c1-10-3-2-6-5(8(10)11)4-7(14-6)9(12)13/h4H,2-3H2,1H3,(H,12,13). The summed E-state index contributed by atoms with van der Waals surface area (Å²) in [5, 5.41) is 8.77. The van der Waals surface area contributed by atoms with E-state index in [0.29, 0.717) is 12.1 Å². The van der Waals surface area contributed by atoms with Crippen molar-refractivity contribution in [2.45, 2.75) is 6.42 Å². The van der Waals surface area contributed by atoms with Gasteiger partial charge in [-0.05, 0) is 6.07 Å². The van der Waals surface area contributed by atoms with Crippen LogP contribution in [0.5, 0.6) is 0 Å². The van der Waals surface area contributed by atoms with Crippen LogP contribution in [-0.4, -0.2) is 35.5 Å². The third kappa shape index (κ3) is 1.29. The fourth-order valence-electron chi connectivity index (χ4n) is 1.48. The summed E-state index contributed by atoms with van der Waals surface area (Å²) in [6.07, 6.45) is 0.759. The third-order valence-electron chi connectivity index (χ3n) is 2.27. The molecule has 1 aromatic heterocycles. The molecule has 4 nitrogen and oxygen atoms in total. The predicted octanol–water partition coefficient (Wildman–Crippen LogP) is 1.07. The minimum Gasteiger partial charge on any atom is -0.477 e. The van der Waals surface area contributed by atoms with Gasteiger partial charge in [0, 0.05) is 24.9 Å². The zero-order valence-corrected chi connectivity index (χ0v) is 8.43. The molecule has 0 aromatic carbocycles. The van der Waals surface area contributed by atoms with E-state index in [1.807, 2.05) is 0 Å². The van der Waals surface area contributed by atoms with Crippen LogP contribution in [0.15, 0.2) is 6.07 Å². The summed E-state index contributed by atoms with van der Waals surface area (Å²) in [4.78, 5) is 25.0. The van der Waals surface area contributed by atoms with Gasteiger partial charge in [0.15, 0.2) is 0 Å². The van der Waals surface area contributed by atoms with Crippen molar-refractivity contribution in [2.24, 2.45) is 0 Å². The Hall–Kier alpha value is -1.36. The maximum absolute atomic E-state index is 11.6. The van der Waals surface area contributed by atoms with Crippen LogP contribution in [0.2, 0.25) is 0 Å². The lowest BCUT2D eigenvalue weighted by Gasteiger charge is -2.21. The van der Waals surface area contributed by atoms with E-state index in [1.165, 1.54) is 17.4 Å². The highest BCUT2D eigenvalue weighted by atomic mass is 32.1. The van der Waals surface area contributed by atoms with E-state index in [9.17, 15) is 9.59 Å². The highest BCUT2D eigenvalue weighted by molar-refractivity contribution is 7.14. The number of carboxylic acids is 1. The van der Waals surface area contributed by atoms with Crippen LogP contribution in [0.3, 0.4) is 0 Å². The summed E-state index contributed by atoms with van der Waals surface area (Å²) in [5.74, 6) is -1.03. The molecule has 0 unspecified atom stereocenters. The summed E-state index contributed by atoms with van der Waals surface area (Å²) in [6.45, 7) is 0.672. The number of carbonyl (C=O) groups is 2. The zero-order valence-electron chi connectivity index (χ0n) is 7.61. The van der Waals surface area contributed by atoms with Crippen LogP contribution in [0, 0.1) is 0 Å². The Morgan fingerprint density at radius 3 is 3.00 bits per heavy atom. The van der Waals surface area contributed by atoms with Crippen molar-refractivity contribution >= 4 is 23.2 Å². The van der Waals surface area contributed by atoms with Gasteiger partial charge in [0.05, 0.1) is 5.56 Å². The Labute approximate surface area is 84.8 Å². The first-order valence-corrected chi connectivity index (χ1v) is 5.02. The third-order valence-corrected chi connectivity index (χ3v) is 3.45. The van der Waals surface area contributed by atoms with Gasteiger partial charge in [-0.2, -0.15) is 0 Å². The number of amides is 1. The van der Waals surface area contributed by atoms with Gasteiger partial charge in [-0.25, -0.2) is 4.79 Å². The van der Waals surface area contributed by atoms with Crippen molar-refractivity contribution in [3.05, 3.63) is 21.4 Å². The molecule has 0 aliphatic carbocycles. The van der Waals surface area contributed by atoms with Crippen molar-refractivity contribution < 1.29 is 14.7 Å². The van der Waals surface area contributed by atoms with Crippen LogP contribution in [0.4, 0.5) is 0 Å². The molecule has 1 aromatic rings. The number of carboxylic acid groups (broad SMARTS) is 1. The van der Waals surface area contributed by atoms with Crippen molar-refractivity contribution in [3.8, 4) is 0 Å². The SMILES string of the molecule is CN1CCc2sc(C(=O)O)cc2C1=O. The number of fused-ring (bicyclic) bond motifs is 1. The molecule has 0 spiro atoms. The Morgan fingerprint density at radius 2 is 2.36 bits per heavy atom. The molecule has 14 heavy (non-hydrogen) atoms. The fraction of sp³-hybridized carbons (Fsp3) is 0.333. The first-order valence-electron chi connectivity index (χ1n) is 4.21. The molecule has 74 valence electrons. The van der Waals surface area contributed by atoms with Gasteiger partial charge in [0.2, 0.25) is 0 Å². The van der Waals surface area contributed by atoms with E-state index >= 15 is 0 Å². The molecule has 0 saturated carbocycles. The first kappa shape index (κ1) is 9.21. The molecule has 1 aliphatic rings. The number of rotatable bonds is 1. The van der Waals surface area contributed by atoms with Gasteiger partial charge in [0.1, 0.15) is 4.88 Å². The number of hydrogen-bond donors (Lipinski definition) is 1. The zero-order chi connectivity index (χ0) is 10.3. The van der Waals surface area contributed by atoms with Crippen molar-refractivity contribution in [2.75, 3.05) is 13.6 Å². The number of likely N-dealkylation sites (N-methyl/N-ethyl adjacent to an activating group) is 1. The Balaban J connectivity index is 2.46. The lowest BCUT2D eigenvalue weighted by molar-refractivity contribution is 0.0702. The summed E-state index contributed by atoms with van der Waals surface area (Å²) in [6, 6.07) is 1.47. The summed E-state index contributed by atoms with van der Waals surface area (Å²) >= 11 is 1.20. The quantitative estimate of drug-likeness (QED) is 0.756. The molecule has 0 fully saturated rings. The maximum atomic E-state index is 11.6. The summed E-state index contributed by atoms with van der Waals surface area (Å²) in [5.41, 5.74) is 0.557. The normalized spacial score (nSPS) is 15.5. The first-order chi connectivity index (χ1) is 6.59. The monoisotopic (exact) mass is 211 g/mol. The second-order valence-corrected chi connectivity index (χ2v) is 4.37. The van der Waals surface area contributed by atoms with Crippen molar-refractivity contribution in [3.63, 3.8) is 0 Å². The number of hydrogen-bond acceptors (Lipinski definition) is 3. The average Bonchev–Trinajstić information content (AvgIpc) is 2.56. The van der Waals surface area contributed by atoms with Crippen LogP contribution >= 0.6 is 11.3 Å². The van der Waals surface area contributed by atoms with Crippen LogP contribution < -0.4 is 0 Å². The van der Waals surface area contributed by atoms with Crippen molar-refractivity contribution in [1.82, 2.24) is 4.90 Å². The van der Waals surface area contributed by atoms with Gasteiger partial charge in [0.25, 0.3) is 5.91 Å². The molecular formula is C9H9NO3S. The molecular weight excluding hydrogens is 202 g/mol. The van der Waals surface area contributed by atoms with Crippen molar-refractivity contribution in [1.29, 1.82) is 0 Å². The minimum absolute atomic E-state index is 0.0741. The van der Waals surface area contributed by atoms with E-state index in [4.69, 9.17) is 5.11 Å². The number of nitrogens with zero attached hydrogens (tertiary/aromatic N) is 1. The summed E-state index contributed by atoms with van der Waals surface area (Å²) < 4.78 is 0. The number of thiophene rings is 1. The van der Waals surface area contributed by atoms with E-state index in [2.05, 4.69) is 0 Å². The largest absolute Gasteiger partial charge is 0.477 e. The molecule has 0 saturated heterocycles. The molecule has 0 radical (unpaired) electrons. The van der Waals surface area contributed by atoms with E-state index < -0.39 is 5.97 Å². The highest BCUT2D eigenvalue weighted by Crippen LogP contribution is 2.27. The second kappa shape index (κ2) is 3.09. The number of aromatic carboxylic acids is 1. The molecule has 0 atom stereocenters. The maximum Gasteiger partial charge on any atom is 0.345 e. The lowest BCUT2D eigenvalue weighted by Crippen LogP contribution is -2.33. The van der Waals surface area contributed by atoms with E-state index in [1.54, 1.807) is 11.9 Å². The second-order valence-electron chi connectivity index (χ2n) is 3.23. The topological polar surface area (TPSA) is 57.6 Å². The van der Waals surface area contributed by atoms with E-state index in [-0.39, 0.29) is 10.8 Å². The molecule has 2 rings (SSSR count). The average molecular weight is 211 g/mol. The molecule has 1 aliphatic heterocycles. The molecule has 2 heterocycles. The minimum atomic E-state index is -0.958. The molecule has 1 N–H and O–H groups in total. The van der Waals surface area contributed by atoms with Crippen LogP contribution in [0.25, 0.3) is 0 Å². The van der Waals surface area contributed by atoms with E-state index in [0.717, 1.165) is 11.3 Å². The van der Waals surface area contributed by atoms with Gasteiger partial charge in [-0.3, -0.25) is 4.79 Å².